The molecule has 1 aliphatic carbocycles. The Balaban J connectivity index is 1.79. The molecule has 1 aromatic heterocycles. The van der Waals surface area contributed by atoms with E-state index in [4.69, 9.17) is 17.3 Å². The maximum atomic E-state index is 12.5. The summed E-state index contributed by atoms with van der Waals surface area (Å²) in [6.07, 6.45) is 5.57. The van der Waals surface area contributed by atoms with Gasteiger partial charge in [-0.05, 0) is 30.5 Å². The summed E-state index contributed by atoms with van der Waals surface area (Å²) < 4.78 is 0. The third-order valence-corrected chi connectivity index (χ3v) is 4.53. The highest BCUT2D eigenvalue weighted by Crippen LogP contribution is 2.35. The Kier molecular flexibility index (Phi) is 4.76. The van der Waals surface area contributed by atoms with Crippen LogP contribution >= 0.6 is 11.6 Å². The standard InChI is InChI=1S/C17H17ClN4O2/c18-11-6-4-10(5-7-11)12-2-1-3-13(12)22-17(24)15-14(16(19)23)20-8-9-21-15/h4-9,12-13H,1-3H2,(H2,19,23)(H,22,24)/t12-,13-/m0/s1. The van der Waals surface area contributed by atoms with E-state index in [2.05, 4.69) is 15.3 Å². The third kappa shape index (κ3) is 3.38. The normalized spacial score (nSPS) is 19.9. The number of hydrogen-bond acceptors (Lipinski definition) is 4. The van der Waals surface area contributed by atoms with Gasteiger partial charge in [-0.1, -0.05) is 30.2 Å². The molecule has 0 aliphatic heterocycles. The average molecular weight is 345 g/mol. The van der Waals surface area contributed by atoms with Gasteiger partial charge in [0.05, 0.1) is 0 Å². The van der Waals surface area contributed by atoms with Gasteiger partial charge in [-0.2, -0.15) is 0 Å². The van der Waals surface area contributed by atoms with Gasteiger partial charge in [0.2, 0.25) is 0 Å². The molecule has 1 aromatic carbocycles. The molecule has 2 aromatic rings. The molecule has 2 atom stereocenters. The van der Waals surface area contributed by atoms with Crippen molar-refractivity contribution < 1.29 is 9.59 Å². The molecule has 1 saturated carbocycles. The highest BCUT2D eigenvalue weighted by molar-refractivity contribution is 6.30. The Labute approximate surface area is 144 Å². The van der Waals surface area contributed by atoms with Crippen LogP contribution in [-0.2, 0) is 0 Å². The molecule has 0 spiro atoms. The smallest absolute Gasteiger partial charge is 0.272 e. The van der Waals surface area contributed by atoms with Crippen molar-refractivity contribution in [3.63, 3.8) is 0 Å². The van der Waals surface area contributed by atoms with Crippen LogP contribution in [0.2, 0.25) is 5.02 Å². The summed E-state index contributed by atoms with van der Waals surface area (Å²) in [5.41, 5.74) is 6.24. The quantitative estimate of drug-likeness (QED) is 0.889. The van der Waals surface area contributed by atoms with Crippen molar-refractivity contribution in [2.75, 3.05) is 0 Å². The number of primary amides is 1. The van der Waals surface area contributed by atoms with Crippen LogP contribution in [0.5, 0.6) is 0 Å². The van der Waals surface area contributed by atoms with E-state index in [1.54, 1.807) is 0 Å². The first-order chi connectivity index (χ1) is 11.6. The predicted octanol–water partition coefficient (Wildman–Crippen LogP) is 2.29. The lowest BCUT2D eigenvalue weighted by Crippen LogP contribution is -2.38. The second-order valence-electron chi connectivity index (χ2n) is 5.79. The van der Waals surface area contributed by atoms with Crippen LogP contribution in [0.1, 0.15) is 51.7 Å². The molecule has 3 N–H and O–H groups in total. The zero-order valence-electron chi connectivity index (χ0n) is 12.9. The number of halogens is 1. The second-order valence-corrected chi connectivity index (χ2v) is 6.22. The van der Waals surface area contributed by atoms with Gasteiger partial charge in [0.1, 0.15) is 0 Å². The molecule has 1 fully saturated rings. The van der Waals surface area contributed by atoms with Crippen molar-refractivity contribution in [2.45, 2.75) is 31.2 Å². The molecular weight excluding hydrogens is 328 g/mol. The molecule has 2 amide bonds. The number of aromatic nitrogens is 2. The van der Waals surface area contributed by atoms with E-state index in [1.165, 1.54) is 12.4 Å². The van der Waals surface area contributed by atoms with Gasteiger partial charge in [0, 0.05) is 29.4 Å². The fraction of sp³-hybridized carbons (Fsp3) is 0.294. The summed E-state index contributed by atoms with van der Waals surface area (Å²) in [4.78, 5) is 31.7. The van der Waals surface area contributed by atoms with Crippen molar-refractivity contribution in [2.24, 2.45) is 5.73 Å². The number of nitrogens with zero attached hydrogens (tertiary/aromatic N) is 2. The lowest BCUT2D eigenvalue weighted by atomic mass is 9.94. The number of nitrogens with two attached hydrogens (primary N) is 1. The average Bonchev–Trinajstić information content (AvgIpc) is 3.03. The molecular formula is C17H17ClN4O2. The number of benzene rings is 1. The Hall–Kier alpha value is -2.47. The largest absolute Gasteiger partial charge is 0.364 e. The number of carbonyl (C=O) groups is 2. The van der Waals surface area contributed by atoms with Crippen molar-refractivity contribution >= 4 is 23.4 Å². The molecule has 0 saturated heterocycles. The number of nitrogens with one attached hydrogen (secondary N) is 1. The molecule has 124 valence electrons. The number of rotatable bonds is 4. The predicted molar refractivity (Wildman–Crippen MR) is 89.8 cm³/mol. The zero-order valence-corrected chi connectivity index (χ0v) is 13.7. The van der Waals surface area contributed by atoms with Gasteiger partial charge >= 0.3 is 0 Å². The van der Waals surface area contributed by atoms with Crippen LogP contribution < -0.4 is 11.1 Å². The van der Waals surface area contributed by atoms with Crippen LogP contribution in [-0.4, -0.2) is 27.8 Å². The van der Waals surface area contributed by atoms with Gasteiger partial charge in [-0.3, -0.25) is 9.59 Å². The zero-order chi connectivity index (χ0) is 17.1. The molecule has 0 bridgehead atoms. The van der Waals surface area contributed by atoms with Crippen molar-refractivity contribution in [3.05, 3.63) is 58.6 Å². The molecule has 1 heterocycles. The first-order valence-electron chi connectivity index (χ1n) is 7.73. The van der Waals surface area contributed by atoms with E-state index in [1.807, 2.05) is 24.3 Å². The summed E-state index contributed by atoms with van der Waals surface area (Å²) in [5, 5.41) is 3.65. The molecule has 24 heavy (non-hydrogen) atoms. The van der Waals surface area contributed by atoms with Crippen LogP contribution in [0.3, 0.4) is 0 Å². The molecule has 0 unspecified atom stereocenters. The summed E-state index contributed by atoms with van der Waals surface area (Å²) in [5.74, 6) is -0.989. The van der Waals surface area contributed by atoms with Gasteiger partial charge in [0.15, 0.2) is 11.4 Å². The number of hydrogen-bond donors (Lipinski definition) is 2. The molecule has 0 radical (unpaired) electrons. The summed E-state index contributed by atoms with van der Waals surface area (Å²) in [7, 11) is 0. The molecule has 6 nitrogen and oxygen atoms in total. The maximum Gasteiger partial charge on any atom is 0.272 e. The topological polar surface area (TPSA) is 98.0 Å². The molecule has 1 aliphatic rings. The van der Waals surface area contributed by atoms with Crippen LogP contribution in [0.4, 0.5) is 0 Å². The van der Waals surface area contributed by atoms with Crippen LogP contribution in [0.25, 0.3) is 0 Å². The summed E-state index contributed by atoms with van der Waals surface area (Å²) >= 11 is 5.94. The second kappa shape index (κ2) is 6.97. The van der Waals surface area contributed by atoms with Gasteiger partial charge < -0.3 is 11.1 Å². The lowest BCUT2D eigenvalue weighted by molar-refractivity contribution is 0.0912. The lowest BCUT2D eigenvalue weighted by Gasteiger charge is -2.21. The Bertz CT molecular complexity index is 763. The SMILES string of the molecule is NC(=O)c1nccnc1C(=O)N[C@H]1CCC[C@H]1c1ccc(Cl)cc1. The Morgan fingerprint density at radius 3 is 2.42 bits per heavy atom. The minimum Gasteiger partial charge on any atom is -0.364 e. The minimum absolute atomic E-state index is 0.0265. The molecule has 7 heteroatoms. The highest BCUT2D eigenvalue weighted by Gasteiger charge is 2.31. The molecule has 3 rings (SSSR count). The van der Waals surface area contributed by atoms with E-state index >= 15 is 0 Å². The Morgan fingerprint density at radius 2 is 1.75 bits per heavy atom. The van der Waals surface area contributed by atoms with Gasteiger partial charge in [0.25, 0.3) is 11.8 Å². The van der Waals surface area contributed by atoms with Gasteiger partial charge in [-0.15, -0.1) is 0 Å². The monoisotopic (exact) mass is 344 g/mol. The van der Waals surface area contributed by atoms with Gasteiger partial charge in [-0.25, -0.2) is 9.97 Å². The highest BCUT2D eigenvalue weighted by atomic mass is 35.5. The number of amides is 2. The van der Waals surface area contributed by atoms with E-state index < -0.39 is 11.8 Å². The third-order valence-electron chi connectivity index (χ3n) is 4.28. The maximum absolute atomic E-state index is 12.5. The van der Waals surface area contributed by atoms with Crippen molar-refractivity contribution in [1.82, 2.24) is 15.3 Å². The van der Waals surface area contributed by atoms with E-state index in [-0.39, 0.29) is 23.3 Å². The van der Waals surface area contributed by atoms with Crippen LogP contribution in [0.15, 0.2) is 36.7 Å². The van der Waals surface area contributed by atoms with Crippen LogP contribution in [0, 0.1) is 0 Å². The first kappa shape index (κ1) is 16.4. The minimum atomic E-state index is -0.770. The fourth-order valence-electron chi connectivity index (χ4n) is 3.16. The summed E-state index contributed by atoms with van der Waals surface area (Å²) in [6, 6.07) is 7.63. The fourth-order valence-corrected chi connectivity index (χ4v) is 3.29. The van der Waals surface area contributed by atoms with Crippen molar-refractivity contribution in [3.8, 4) is 0 Å². The van der Waals surface area contributed by atoms with E-state index in [0.717, 1.165) is 24.8 Å². The van der Waals surface area contributed by atoms with Crippen molar-refractivity contribution in [1.29, 1.82) is 0 Å². The summed E-state index contributed by atoms with van der Waals surface area (Å²) in [6.45, 7) is 0. The Morgan fingerprint density at radius 1 is 1.08 bits per heavy atom. The first-order valence-corrected chi connectivity index (χ1v) is 8.11. The number of carbonyl (C=O) groups excluding carboxylic acids is 2. The van der Waals surface area contributed by atoms with E-state index in [9.17, 15) is 9.59 Å². The van der Waals surface area contributed by atoms with E-state index in [0.29, 0.717) is 5.02 Å².